The Kier molecular flexibility index (Phi) is 4.63. The van der Waals surface area contributed by atoms with E-state index in [2.05, 4.69) is 49.1 Å². The zero-order valence-corrected chi connectivity index (χ0v) is 12.7. The molecule has 0 amide bonds. The van der Waals surface area contributed by atoms with Gasteiger partial charge < -0.3 is 9.84 Å². The zero-order valence-electron chi connectivity index (χ0n) is 12.7. The molecule has 1 N–H and O–H groups in total. The first-order valence-electron chi connectivity index (χ1n) is 7.37. The summed E-state index contributed by atoms with van der Waals surface area (Å²) in [5.41, 5.74) is 1.11. The molecule has 108 valence electrons. The van der Waals surface area contributed by atoms with Crippen LogP contribution in [-0.2, 0) is 13.1 Å². The highest BCUT2D eigenvalue weighted by Crippen LogP contribution is 2.19. The maximum absolute atomic E-state index is 5.45. The van der Waals surface area contributed by atoms with Crippen molar-refractivity contribution in [3.8, 4) is 0 Å². The molecule has 0 aliphatic carbocycles. The number of hydrogen-bond acceptors (Lipinski definition) is 4. The van der Waals surface area contributed by atoms with Crippen molar-refractivity contribution in [1.29, 1.82) is 0 Å². The van der Waals surface area contributed by atoms with Crippen LogP contribution < -0.4 is 5.32 Å². The average molecular weight is 265 g/mol. The van der Waals surface area contributed by atoms with E-state index in [1.807, 2.05) is 0 Å². The fourth-order valence-corrected chi connectivity index (χ4v) is 2.46. The molecule has 0 saturated carbocycles. The minimum Gasteiger partial charge on any atom is -0.360 e. The number of piperidine rings is 1. The van der Waals surface area contributed by atoms with E-state index in [4.69, 9.17) is 4.52 Å². The van der Waals surface area contributed by atoms with Gasteiger partial charge in [-0.25, -0.2) is 0 Å². The van der Waals surface area contributed by atoms with E-state index in [1.165, 1.54) is 25.8 Å². The van der Waals surface area contributed by atoms with Crippen molar-refractivity contribution in [2.24, 2.45) is 0 Å². The van der Waals surface area contributed by atoms with Crippen molar-refractivity contribution in [2.45, 2.75) is 71.6 Å². The smallest absolute Gasteiger partial charge is 0.151 e. The molecule has 4 heteroatoms. The van der Waals surface area contributed by atoms with Gasteiger partial charge in [0.25, 0.3) is 0 Å². The quantitative estimate of drug-likeness (QED) is 0.909. The minimum atomic E-state index is 0.112. The maximum Gasteiger partial charge on any atom is 0.151 e. The van der Waals surface area contributed by atoms with Gasteiger partial charge in [0, 0.05) is 24.2 Å². The van der Waals surface area contributed by atoms with Crippen LogP contribution in [0.15, 0.2) is 10.6 Å². The predicted octanol–water partition coefficient (Wildman–Crippen LogP) is 2.94. The number of aromatic nitrogens is 1. The molecule has 1 aliphatic rings. The van der Waals surface area contributed by atoms with Crippen molar-refractivity contribution in [3.63, 3.8) is 0 Å². The molecule has 19 heavy (non-hydrogen) atoms. The van der Waals surface area contributed by atoms with Gasteiger partial charge in [-0.2, -0.15) is 0 Å². The maximum atomic E-state index is 5.45. The van der Waals surface area contributed by atoms with Crippen LogP contribution >= 0.6 is 0 Å². The van der Waals surface area contributed by atoms with E-state index in [1.54, 1.807) is 0 Å². The van der Waals surface area contributed by atoms with E-state index in [0.29, 0.717) is 6.04 Å². The summed E-state index contributed by atoms with van der Waals surface area (Å²) in [4.78, 5) is 2.49. The normalized spacial score (nSPS) is 21.8. The summed E-state index contributed by atoms with van der Waals surface area (Å²) in [7, 11) is 0. The van der Waals surface area contributed by atoms with Crippen molar-refractivity contribution in [2.75, 3.05) is 6.54 Å². The van der Waals surface area contributed by atoms with Crippen LogP contribution in [0.3, 0.4) is 0 Å². The fraction of sp³-hybridized carbons (Fsp3) is 0.800. The molecule has 2 heterocycles. The number of likely N-dealkylation sites (tertiary alicyclic amines) is 1. The highest BCUT2D eigenvalue weighted by molar-refractivity contribution is 5.06. The molecule has 4 nitrogen and oxygen atoms in total. The van der Waals surface area contributed by atoms with Crippen LogP contribution in [0, 0.1) is 0 Å². The Labute approximate surface area is 116 Å². The van der Waals surface area contributed by atoms with Gasteiger partial charge in [0.05, 0.1) is 12.2 Å². The highest BCUT2D eigenvalue weighted by atomic mass is 16.5. The van der Waals surface area contributed by atoms with Crippen molar-refractivity contribution in [1.82, 2.24) is 15.4 Å². The molecule has 1 fully saturated rings. The Morgan fingerprint density at radius 2 is 2.21 bits per heavy atom. The second-order valence-electron chi connectivity index (χ2n) is 6.70. The Morgan fingerprint density at radius 3 is 2.89 bits per heavy atom. The van der Waals surface area contributed by atoms with Gasteiger partial charge in [-0.1, -0.05) is 11.6 Å². The molecular weight excluding hydrogens is 238 g/mol. The van der Waals surface area contributed by atoms with E-state index in [0.717, 1.165) is 24.5 Å². The van der Waals surface area contributed by atoms with Crippen LogP contribution in [0.4, 0.5) is 0 Å². The third-order valence-electron chi connectivity index (χ3n) is 3.71. The van der Waals surface area contributed by atoms with E-state index >= 15 is 0 Å². The van der Waals surface area contributed by atoms with Crippen LogP contribution in [0.5, 0.6) is 0 Å². The summed E-state index contributed by atoms with van der Waals surface area (Å²) in [5, 5.41) is 7.57. The summed E-state index contributed by atoms with van der Waals surface area (Å²) < 4.78 is 5.45. The minimum absolute atomic E-state index is 0.112. The molecule has 1 atom stereocenters. The first-order valence-corrected chi connectivity index (χ1v) is 7.37. The Bertz CT molecular complexity index is 394. The van der Waals surface area contributed by atoms with Gasteiger partial charge in [0.1, 0.15) is 0 Å². The highest BCUT2D eigenvalue weighted by Gasteiger charge is 2.20. The van der Waals surface area contributed by atoms with Gasteiger partial charge >= 0.3 is 0 Å². The van der Waals surface area contributed by atoms with Gasteiger partial charge in [-0.3, -0.25) is 4.90 Å². The SMILES string of the molecule is CC1CCCCN1Cc1cc(CNC(C)(C)C)no1. The van der Waals surface area contributed by atoms with Crippen molar-refractivity contribution >= 4 is 0 Å². The lowest BCUT2D eigenvalue weighted by atomic mass is 10.0. The Hall–Kier alpha value is -0.870. The molecule has 0 radical (unpaired) electrons. The molecule has 1 aromatic heterocycles. The molecule has 2 rings (SSSR count). The van der Waals surface area contributed by atoms with Crippen LogP contribution in [0.1, 0.15) is 58.4 Å². The van der Waals surface area contributed by atoms with Crippen LogP contribution in [-0.4, -0.2) is 28.2 Å². The summed E-state index contributed by atoms with van der Waals surface area (Å²) in [5.74, 6) is 0.986. The molecule has 1 unspecified atom stereocenters. The van der Waals surface area contributed by atoms with E-state index < -0.39 is 0 Å². The van der Waals surface area contributed by atoms with Gasteiger partial charge in [-0.15, -0.1) is 0 Å². The third kappa shape index (κ3) is 4.62. The second-order valence-corrected chi connectivity index (χ2v) is 6.70. The topological polar surface area (TPSA) is 41.3 Å². The second kappa shape index (κ2) is 6.06. The monoisotopic (exact) mass is 265 g/mol. The first kappa shape index (κ1) is 14.5. The molecule has 0 spiro atoms. The van der Waals surface area contributed by atoms with Gasteiger partial charge in [0.15, 0.2) is 5.76 Å². The van der Waals surface area contributed by atoms with Crippen LogP contribution in [0.2, 0.25) is 0 Å². The van der Waals surface area contributed by atoms with Crippen molar-refractivity contribution < 1.29 is 4.52 Å². The molecule has 0 aromatic carbocycles. The van der Waals surface area contributed by atoms with Crippen molar-refractivity contribution in [3.05, 3.63) is 17.5 Å². The standard InChI is InChI=1S/C15H27N3O/c1-12-7-5-6-8-18(12)11-14-9-13(17-19-14)10-16-15(2,3)4/h9,12,16H,5-8,10-11H2,1-4H3. The predicted molar refractivity (Wildman–Crippen MR) is 76.8 cm³/mol. The Balaban J connectivity index is 1.86. The lowest BCUT2D eigenvalue weighted by Gasteiger charge is -2.32. The summed E-state index contributed by atoms with van der Waals surface area (Å²) in [6.07, 6.45) is 3.96. The van der Waals surface area contributed by atoms with Gasteiger partial charge in [0.2, 0.25) is 0 Å². The summed E-state index contributed by atoms with van der Waals surface area (Å²) >= 11 is 0. The fourth-order valence-electron chi connectivity index (χ4n) is 2.46. The molecular formula is C15H27N3O. The number of rotatable bonds is 4. The summed E-state index contributed by atoms with van der Waals surface area (Å²) in [6.45, 7) is 11.6. The number of nitrogens with one attached hydrogen (secondary N) is 1. The zero-order chi connectivity index (χ0) is 13.9. The number of nitrogens with zero attached hydrogens (tertiary/aromatic N) is 2. The molecule has 1 aliphatic heterocycles. The number of hydrogen-bond donors (Lipinski definition) is 1. The van der Waals surface area contributed by atoms with E-state index in [-0.39, 0.29) is 5.54 Å². The molecule has 1 aromatic rings. The first-order chi connectivity index (χ1) is 8.94. The van der Waals surface area contributed by atoms with Gasteiger partial charge in [-0.05, 0) is 47.1 Å². The van der Waals surface area contributed by atoms with E-state index in [9.17, 15) is 0 Å². The largest absolute Gasteiger partial charge is 0.360 e. The molecule has 1 saturated heterocycles. The lowest BCUT2D eigenvalue weighted by Crippen LogP contribution is -2.36. The Morgan fingerprint density at radius 1 is 1.42 bits per heavy atom. The molecule has 0 bridgehead atoms. The average Bonchev–Trinajstić information content (AvgIpc) is 2.77. The summed E-state index contributed by atoms with van der Waals surface area (Å²) in [6, 6.07) is 2.75. The lowest BCUT2D eigenvalue weighted by molar-refractivity contribution is 0.137. The third-order valence-corrected chi connectivity index (χ3v) is 3.71. The van der Waals surface area contributed by atoms with Crippen LogP contribution in [0.25, 0.3) is 0 Å².